The predicted molar refractivity (Wildman–Crippen MR) is 103 cm³/mol. The number of nitrogens with two attached hydrogens (primary N) is 2. The highest BCUT2D eigenvalue weighted by Crippen LogP contribution is 2.36. The number of aromatic nitrogens is 4. The second-order valence-electron chi connectivity index (χ2n) is 6.56. The van der Waals surface area contributed by atoms with E-state index in [2.05, 4.69) is 15.1 Å². The molecule has 0 spiro atoms. The highest BCUT2D eigenvalue weighted by Gasteiger charge is 2.25. The summed E-state index contributed by atoms with van der Waals surface area (Å²) in [4.78, 5) is 21.0. The number of aromatic hydroxyl groups is 1. The molecule has 0 atom stereocenters. The average Bonchev–Trinajstić information content (AvgIpc) is 3.19. The Labute approximate surface area is 159 Å². The van der Waals surface area contributed by atoms with Crippen molar-refractivity contribution >= 4 is 22.8 Å². The van der Waals surface area contributed by atoms with Crippen LogP contribution in [0.5, 0.6) is 5.75 Å². The number of carbonyl (C=O) groups excluding carboxylic acids is 1. The molecule has 9 heteroatoms. The maximum Gasteiger partial charge on any atom is 0.253 e. The largest absolute Gasteiger partial charge is 0.508 e. The first-order valence-corrected chi connectivity index (χ1v) is 8.49. The molecule has 0 saturated heterocycles. The van der Waals surface area contributed by atoms with Crippen molar-refractivity contribution in [3.05, 3.63) is 47.0 Å². The highest BCUT2D eigenvalue weighted by molar-refractivity contribution is 6.11. The number of aryl methyl sites for hydroxylation is 2. The lowest BCUT2D eigenvalue weighted by molar-refractivity contribution is 0.100. The van der Waals surface area contributed by atoms with Crippen LogP contribution < -0.4 is 11.5 Å². The van der Waals surface area contributed by atoms with Gasteiger partial charge in [0.05, 0.1) is 28.4 Å². The summed E-state index contributed by atoms with van der Waals surface area (Å²) in [6, 6.07) is 3.37. The number of hydrogen-bond donors (Lipinski definition) is 3. The van der Waals surface area contributed by atoms with E-state index in [0.29, 0.717) is 39.4 Å². The normalized spacial score (nSPS) is 11.2. The van der Waals surface area contributed by atoms with E-state index in [1.54, 1.807) is 30.5 Å². The Morgan fingerprint density at radius 2 is 1.96 bits per heavy atom. The summed E-state index contributed by atoms with van der Waals surface area (Å²) in [5.41, 5.74) is 15.1. The summed E-state index contributed by atoms with van der Waals surface area (Å²) in [5, 5.41) is 14.4. The van der Waals surface area contributed by atoms with E-state index in [-0.39, 0.29) is 17.1 Å². The van der Waals surface area contributed by atoms with Gasteiger partial charge in [-0.05, 0) is 32.4 Å². The van der Waals surface area contributed by atoms with Gasteiger partial charge in [0.15, 0.2) is 11.5 Å². The fourth-order valence-corrected chi connectivity index (χ4v) is 3.38. The SMILES string of the molecule is Cc1ccc(O)c(C)c1-n1c(N)c(C(N)=O)c2cnc(-c3cnoc3C)nc21. The third kappa shape index (κ3) is 2.40. The predicted octanol–water partition coefficient (Wildman–Crippen LogP) is 2.39. The lowest BCUT2D eigenvalue weighted by atomic mass is 10.1. The molecule has 0 radical (unpaired) electrons. The van der Waals surface area contributed by atoms with Crippen LogP contribution in [0, 0.1) is 20.8 Å². The number of benzene rings is 1. The van der Waals surface area contributed by atoms with Crippen LogP contribution in [0.3, 0.4) is 0 Å². The Morgan fingerprint density at radius 1 is 1.21 bits per heavy atom. The monoisotopic (exact) mass is 378 g/mol. The summed E-state index contributed by atoms with van der Waals surface area (Å²) in [6.07, 6.45) is 3.03. The number of phenols is 1. The van der Waals surface area contributed by atoms with Crippen LogP contribution in [0.1, 0.15) is 27.2 Å². The number of anilines is 1. The van der Waals surface area contributed by atoms with Gasteiger partial charge in [0.25, 0.3) is 5.91 Å². The first-order valence-electron chi connectivity index (χ1n) is 8.49. The van der Waals surface area contributed by atoms with E-state index >= 15 is 0 Å². The lowest BCUT2D eigenvalue weighted by Crippen LogP contribution is -2.14. The number of carbonyl (C=O) groups is 1. The number of nitrogen functional groups attached to an aromatic ring is 1. The molecule has 5 N–H and O–H groups in total. The van der Waals surface area contributed by atoms with Crippen molar-refractivity contribution in [2.75, 3.05) is 5.73 Å². The number of primary amides is 1. The van der Waals surface area contributed by atoms with E-state index in [0.717, 1.165) is 5.56 Å². The van der Waals surface area contributed by atoms with Crippen molar-refractivity contribution < 1.29 is 14.4 Å². The Balaban J connectivity index is 2.14. The molecule has 0 unspecified atom stereocenters. The van der Waals surface area contributed by atoms with Crippen molar-refractivity contribution in [2.24, 2.45) is 5.73 Å². The Morgan fingerprint density at radius 3 is 2.61 bits per heavy atom. The van der Waals surface area contributed by atoms with Gasteiger partial charge in [0, 0.05) is 11.8 Å². The lowest BCUT2D eigenvalue weighted by Gasteiger charge is -2.15. The maximum absolute atomic E-state index is 12.1. The van der Waals surface area contributed by atoms with E-state index in [1.807, 2.05) is 6.92 Å². The first-order chi connectivity index (χ1) is 13.3. The molecule has 28 heavy (non-hydrogen) atoms. The van der Waals surface area contributed by atoms with Crippen LogP contribution in [-0.4, -0.2) is 30.7 Å². The van der Waals surface area contributed by atoms with E-state index < -0.39 is 5.91 Å². The second kappa shape index (κ2) is 6.08. The smallest absolute Gasteiger partial charge is 0.253 e. The Hall–Kier alpha value is -3.88. The zero-order valence-corrected chi connectivity index (χ0v) is 15.5. The third-order valence-electron chi connectivity index (χ3n) is 4.81. The van der Waals surface area contributed by atoms with Gasteiger partial charge in [0.2, 0.25) is 0 Å². The molecule has 0 aliphatic rings. The molecule has 4 rings (SSSR count). The molecule has 0 aliphatic heterocycles. The molecule has 0 fully saturated rings. The van der Waals surface area contributed by atoms with Gasteiger partial charge in [-0.25, -0.2) is 9.97 Å². The van der Waals surface area contributed by atoms with E-state index in [4.69, 9.17) is 16.0 Å². The fraction of sp³-hybridized carbons (Fsp3) is 0.158. The van der Waals surface area contributed by atoms with Crippen molar-refractivity contribution in [1.29, 1.82) is 0 Å². The molecule has 0 bridgehead atoms. The van der Waals surface area contributed by atoms with Crippen LogP contribution in [0.2, 0.25) is 0 Å². The summed E-state index contributed by atoms with van der Waals surface area (Å²) in [7, 11) is 0. The van der Waals surface area contributed by atoms with Crippen molar-refractivity contribution in [1.82, 2.24) is 19.7 Å². The van der Waals surface area contributed by atoms with Crippen LogP contribution >= 0.6 is 0 Å². The zero-order valence-electron chi connectivity index (χ0n) is 15.5. The van der Waals surface area contributed by atoms with Gasteiger partial charge in [-0.3, -0.25) is 9.36 Å². The van der Waals surface area contributed by atoms with Crippen LogP contribution in [-0.2, 0) is 0 Å². The maximum atomic E-state index is 12.1. The number of phenolic OH excluding ortho intramolecular Hbond substituents is 1. The minimum absolute atomic E-state index is 0.103. The molecular formula is C19H18N6O3. The quantitative estimate of drug-likeness (QED) is 0.496. The third-order valence-corrected chi connectivity index (χ3v) is 4.81. The second-order valence-corrected chi connectivity index (χ2v) is 6.56. The molecule has 4 aromatic rings. The van der Waals surface area contributed by atoms with Gasteiger partial charge >= 0.3 is 0 Å². The highest BCUT2D eigenvalue weighted by atomic mass is 16.5. The summed E-state index contributed by atoms with van der Waals surface area (Å²) in [6.45, 7) is 5.39. The van der Waals surface area contributed by atoms with Gasteiger partial charge < -0.3 is 21.1 Å². The van der Waals surface area contributed by atoms with Gasteiger partial charge in [0.1, 0.15) is 17.3 Å². The number of fused-ring (bicyclic) bond motifs is 1. The standard InChI is InChI=1S/C19H18N6O3/c1-8-4-5-13(26)9(2)15(8)25-16(20)14(17(21)27)12-6-22-18(24-19(12)25)11-7-23-28-10(11)3/h4-7,26H,20H2,1-3H3,(H2,21,27). The van der Waals surface area contributed by atoms with E-state index in [1.165, 1.54) is 12.4 Å². The summed E-state index contributed by atoms with van der Waals surface area (Å²) in [5.74, 6) is 0.482. The van der Waals surface area contributed by atoms with Crippen LogP contribution in [0.4, 0.5) is 5.82 Å². The fourth-order valence-electron chi connectivity index (χ4n) is 3.38. The van der Waals surface area contributed by atoms with Crippen LogP contribution in [0.25, 0.3) is 28.1 Å². The number of nitrogens with zero attached hydrogens (tertiary/aromatic N) is 4. The van der Waals surface area contributed by atoms with Crippen molar-refractivity contribution in [2.45, 2.75) is 20.8 Å². The molecule has 142 valence electrons. The van der Waals surface area contributed by atoms with Crippen LogP contribution in [0.15, 0.2) is 29.0 Å². The summed E-state index contributed by atoms with van der Waals surface area (Å²) >= 11 is 0. The molecule has 0 saturated carbocycles. The molecule has 1 amide bonds. The van der Waals surface area contributed by atoms with Gasteiger partial charge in [-0.1, -0.05) is 11.2 Å². The number of hydrogen-bond acceptors (Lipinski definition) is 7. The zero-order chi connectivity index (χ0) is 20.2. The first kappa shape index (κ1) is 17.5. The molecular weight excluding hydrogens is 360 g/mol. The minimum Gasteiger partial charge on any atom is -0.508 e. The Bertz CT molecular complexity index is 1250. The van der Waals surface area contributed by atoms with Crippen molar-refractivity contribution in [3.63, 3.8) is 0 Å². The van der Waals surface area contributed by atoms with Gasteiger partial charge in [-0.2, -0.15) is 0 Å². The molecule has 1 aromatic carbocycles. The molecule has 9 nitrogen and oxygen atoms in total. The minimum atomic E-state index is -0.686. The average molecular weight is 378 g/mol. The molecule has 3 heterocycles. The summed E-state index contributed by atoms with van der Waals surface area (Å²) < 4.78 is 6.72. The van der Waals surface area contributed by atoms with E-state index in [9.17, 15) is 9.90 Å². The van der Waals surface area contributed by atoms with Crippen molar-refractivity contribution in [3.8, 4) is 22.8 Å². The molecule has 3 aromatic heterocycles. The number of amides is 1. The van der Waals surface area contributed by atoms with Gasteiger partial charge in [-0.15, -0.1) is 0 Å². The number of rotatable bonds is 3. The molecule has 0 aliphatic carbocycles. The Kier molecular flexibility index (Phi) is 3.81. The topological polar surface area (TPSA) is 146 Å².